The Kier molecular flexibility index (Phi) is 11.9. The molecule has 0 saturated heterocycles. The minimum Gasteiger partial charge on any atom is -0.444 e. The molecule has 1 aromatic carbocycles. The molecule has 0 radical (unpaired) electrons. The number of nitrogens with two attached hydrogens (primary N) is 1. The smallest absolute Gasteiger partial charge is 0.408 e. The van der Waals surface area contributed by atoms with Crippen LogP contribution in [0.25, 0.3) is 0 Å². The van der Waals surface area contributed by atoms with Crippen LogP contribution in [0.2, 0.25) is 0 Å². The zero-order valence-electron chi connectivity index (χ0n) is 22.1. The van der Waals surface area contributed by atoms with Crippen LogP contribution in [0.1, 0.15) is 76.1 Å². The van der Waals surface area contributed by atoms with Gasteiger partial charge < -0.3 is 26.0 Å². The maximum Gasteiger partial charge on any atom is 0.408 e. The van der Waals surface area contributed by atoms with Crippen LogP contribution >= 0.6 is 0 Å². The summed E-state index contributed by atoms with van der Waals surface area (Å²) in [7, 11) is 0. The van der Waals surface area contributed by atoms with Crippen LogP contribution in [-0.4, -0.2) is 53.4 Å². The van der Waals surface area contributed by atoms with E-state index >= 15 is 0 Å². The number of hydrogen-bond acceptors (Lipinski definition) is 6. The fourth-order valence-corrected chi connectivity index (χ4v) is 3.61. The lowest BCUT2D eigenvalue weighted by Crippen LogP contribution is -2.54. The van der Waals surface area contributed by atoms with Crippen molar-refractivity contribution in [2.24, 2.45) is 5.73 Å². The van der Waals surface area contributed by atoms with Crippen LogP contribution in [0.4, 0.5) is 4.79 Å². The third-order valence-corrected chi connectivity index (χ3v) is 5.29. The Labute approximate surface area is 213 Å². The molecule has 36 heavy (non-hydrogen) atoms. The van der Waals surface area contributed by atoms with Gasteiger partial charge in [0.25, 0.3) is 0 Å². The number of carbonyl (C=O) groups excluding carboxylic acids is 4. The summed E-state index contributed by atoms with van der Waals surface area (Å²) < 4.78 is 5.23. The summed E-state index contributed by atoms with van der Waals surface area (Å²) in [6.07, 6.45) is 1.21. The molecular weight excluding hydrogens is 462 g/mol. The van der Waals surface area contributed by atoms with Crippen molar-refractivity contribution in [3.63, 3.8) is 0 Å². The molecule has 1 rings (SSSR count). The van der Waals surface area contributed by atoms with Crippen LogP contribution in [0, 0.1) is 25.2 Å². The minimum absolute atomic E-state index is 0.406. The van der Waals surface area contributed by atoms with Gasteiger partial charge in [0.1, 0.15) is 24.2 Å². The molecule has 0 aromatic heterocycles. The number of primary amides is 1. The van der Waals surface area contributed by atoms with Crippen LogP contribution in [0.15, 0.2) is 18.2 Å². The van der Waals surface area contributed by atoms with Gasteiger partial charge in [0.05, 0.1) is 12.5 Å². The quantitative estimate of drug-likeness (QED) is 0.295. The second-order valence-electron chi connectivity index (χ2n) is 9.75. The zero-order valence-corrected chi connectivity index (χ0v) is 22.1. The number of alkyl carbamates (subject to hydrolysis) is 1. The van der Waals surface area contributed by atoms with E-state index in [1.165, 1.54) is 0 Å². The topological polar surface area (TPSA) is 155 Å². The van der Waals surface area contributed by atoms with Gasteiger partial charge in [-0.05, 0) is 52.2 Å². The third kappa shape index (κ3) is 9.94. The van der Waals surface area contributed by atoms with E-state index in [1.54, 1.807) is 33.8 Å². The molecule has 0 fully saturated rings. The Hall–Kier alpha value is -3.61. The van der Waals surface area contributed by atoms with E-state index < -0.39 is 54.5 Å². The fourth-order valence-electron chi connectivity index (χ4n) is 3.61. The molecule has 0 aliphatic heterocycles. The van der Waals surface area contributed by atoms with Crippen molar-refractivity contribution in [3.8, 4) is 6.07 Å². The first-order valence-electron chi connectivity index (χ1n) is 12.1. The maximum atomic E-state index is 13.7. The van der Waals surface area contributed by atoms with Crippen molar-refractivity contribution in [3.05, 3.63) is 34.9 Å². The number of amides is 4. The Bertz CT molecular complexity index is 980. The summed E-state index contributed by atoms with van der Waals surface area (Å²) in [5, 5.41) is 14.8. The fraction of sp³-hybridized carbons (Fsp3) is 0.577. The maximum absolute atomic E-state index is 13.7. The van der Waals surface area contributed by atoms with Gasteiger partial charge in [0, 0.05) is 6.54 Å². The average Bonchev–Trinajstić information content (AvgIpc) is 2.76. The SMILES string of the molecule is CCCCCNC(=O)C(c1cc(C)ccc1C)N(CC#N)C(=O)C(CC(N)=O)NC(=O)OC(C)(C)C. The van der Waals surface area contributed by atoms with E-state index in [2.05, 4.69) is 10.6 Å². The Balaban J connectivity index is 3.46. The molecule has 10 heteroatoms. The first kappa shape index (κ1) is 30.4. The minimum atomic E-state index is -1.42. The number of unbranched alkanes of at least 4 members (excludes halogenated alkanes) is 2. The van der Waals surface area contributed by atoms with Crippen LogP contribution in [-0.2, 0) is 19.1 Å². The van der Waals surface area contributed by atoms with E-state index in [-0.39, 0.29) is 0 Å². The van der Waals surface area contributed by atoms with E-state index in [4.69, 9.17) is 10.5 Å². The number of carbonyl (C=O) groups is 4. The summed E-state index contributed by atoms with van der Waals surface area (Å²) in [6.45, 7) is 10.6. The lowest BCUT2D eigenvalue weighted by molar-refractivity contribution is -0.142. The molecule has 0 saturated carbocycles. The van der Waals surface area contributed by atoms with E-state index in [1.807, 2.05) is 32.0 Å². The predicted octanol–water partition coefficient (Wildman–Crippen LogP) is 2.77. The molecule has 10 nitrogen and oxygen atoms in total. The highest BCUT2D eigenvalue weighted by Crippen LogP contribution is 2.27. The molecule has 0 aliphatic carbocycles. The van der Waals surface area contributed by atoms with Gasteiger partial charge in [-0.1, -0.05) is 43.5 Å². The molecule has 0 bridgehead atoms. The highest BCUT2D eigenvalue weighted by atomic mass is 16.6. The van der Waals surface area contributed by atoms with Crippen LogP contribution in [0.5, 0.6) is 0 Å². The number of aryl methyl sites for hydroxylation is 2. The summed E-state index contributed by atoms with van der Waals surface area (Å²) in [5.41, 5.74) is 6.65. The number of nitrogens with one attached hydrogen (secondary N) is 2. The van der Waals surface area contributed by atoms with Gasteiger partial charge in [-0.25, -0.2) is 4.79 Å². The monoisotopic (exact) mass is 501 g/mol. The average molecular weight is 502 g/mol. The number of benzene rings is 1. The van der Waals surface area contributed by atoms with Crippen molar-refractivity contribution in [2.75, 3.05) is 13.1 Å². The van der Waals surface area contributed by atoms with Crippen LogP contribution < -0.4 is 16.4 Å². The first-order valence-corrected chi connectivity index (χ1v) is 12.1. The Morgan fingerprint density at radius 3 is 2.39 bits per heavy atom. The van der Waals surface area contributed by atoms with Gasteiger partial charge in [-0.15, -0.1) is 0 Å². The largest absolute Gasteiger partial charge is 0.444 e. The number of hydrogen-bond donors (Lipinski definition) is 3. The van der Waals surface area contributed by atoms with Crippen molar-refractivity contribution < 1.29 is 23.9 Å². The standard InChI is InChI=1S/C26H39N5O5/c1-7-8-9-13-29-23(33)22(19-15-17(2)10-11-18(19)3)31(14-12-27)24(34)20(16-21(28)32)30-25(35)36-26(4,5)6/h10-11,15,20,22H,7-9,13-14,16H2,1-6H3,(H2,28,32)(H,29,33)(H,30,35). The molecule has 2 unspecified atom stereocenters. The molecule has 1 aromatic rings. The van der Waals surface area contributed by atoms with Gasteiger partial charge in [-0.2, -0.15) is 5.26 Å². The zero-order chi connectivity index (χ0) is 27.5. The van der Waals surface area contributed by atoms with Gasteiger partial charge in [0.15, 0.2) is 0 Å². The van der Waals surface area contributed by atoms with Crippen molar-refractivity contribution in [1.29, 1.82) is 5.26 Å². The molecule has 4 amide bonds. The van der Waals surface area contributed by atoms with Gasteiger partial charge >= 0.3 is 6.09 Å². The van der Waals surface area contributed by atoms with E-state index in [0.717, 1.165) is 35.3 Å². The molecule has 0 heterocycles. The molecule has 4 N–H and O–H groups in total. The molecular formula is C26H39N5O5. The van der Waals surface area contributed by atoms with Crippen molar-refractivity contribution >= 4 is 23.8 Å². The molecule has 2 atom stereocenters. The van der Waals surface area contributed by atoms with Crippen molar-refractivity contribution in [1.82, 2.24) is 15.5 Å². The van der Waals surface area contributed by atoms with Crippen LogP contribution in [0.3, 0.4) is 0 Å². The highest BCUT2D eigenvalue weighted by molar-refractivity contribution is 5.94. The summed E-state index contributed by atoms with van der Waals surface area (Å²) in [4.78, 5) is 52.3. The summed E-state index contributed by atoms with van der Waals surface area (Å²) in [6, 6.07) is 4.84. The lowest BCUT2D eigenvalue weighted by Gasteiger charge is -2.33. The number of rotatable bonds is 12. The van der Waals surface area contributed by atoms with Gasteiger partial charge in [-0.3, -0.25) is 14.4 Å². The second kappa shape index (κ2) is 14.1. The predicted molar refractivity (Wildman–Crippen MR) is 135 cm³/mol. The molecule has 198 valence electrons. The number of ether oxygens (including phenoxy) is 1. The Morgan fingerprint density at radius 2 is 1.83 bits per heavy atom. The Morgan fingerprint density at radius 1 is 1.17 bits per heavy atom. The summed E-state index contributed by atoms with van der Waals surface area (Å²) >= 11 is 0. The van der Waals surface area contributed by atoms with Gasteiger partial charge in [0.2, 0.25) is 17.7 Å². The second-order valence-corrected chi connectivity index (χ2v) is 9.75. The van der Waals surface area contributed by atoms with Crippen molar-refractivity contribution in [2.45, 2.75) is 84.9 Å². The van der Waals surface area contributed by atoms with E-state index in [9.17, 15) is 24.4 Å². The molecule has 0 aliphatic rings. The highest BCUT2D eigenvalue weighted by Gasteiger charge is 2.37. The summed E-state index contributed by atoms with van der Waals surface area (Å²) in [5.74, 6) is -2.09. The van der Waals surface area contributed by atoms with E-state index in [0.29, 0.717) is 12.1 Å². The first-order chi connectivity index (χ1) is 16.8. The molecule has 0 spiro atoms. The number of nitrogens with zero attached hydrogens (tertiary/aromatic N) is 2. The normalized spacial score (nSPS) is 12.6. The number of nitriles is 1. The third-order valence-electron chi connectivity index (χ3n) is 5.29. The lowest BCUT2D eigenvalue weighted by atomic mass is 9.96.